The molecule has 1 aliphatic rings. The summed E-state index contributed by atoms with van der Waals surface area (Å²) >= 11 is 5.85. The minimum Gasteiger partial charge on any atom is -0.385 e. The average molecular weight is 505 g/mol. The van der Waals surface area contributed by atoms with Gasteiger partial charge in [0.2, 0.25) is 16.0 Å². The summed E-state index contributed by atoms with van der Waals surface area (Å²) in [5, 5.41) is 7.67. The lowest BCUT2D eigenvalue weighted by Gasteiger charge is -2.24. The molecule has 3 heterocycles. The molecule has 12 nitrogen and oxygen atoms in total. The molecule has 0 amide bonds. The number of nitrogens with one attached hydrogen (secondary N) is 1. The van der Waals surface area contributed by atoms with Gasteiger partial charge >= 0.3 is 0 Å². The van der Waals surface area contributed by atoms with E-state index in [1.807, 2.05) is 0 Å². The number of methoxy groups -OCH3 is 3. The fourth-order valence-electron chi connectivity index (χ4n) is 3.60. The van der Waals surface area contributed by atoms with Crippen LogP contribution in [-0.4, -0.2) is 79.6 Å². The Bertz CT molecular complexity index is 999. The zero-order valence-corrected chi connectivity index (χ0v) is 20.5. The normalized spacial score (nSPS) is 19.4. The summed E-state index contributed by atoms with van der Waals surface area (Å²) < 4.78 is 52.5. The highest BCUT2D eigenvalue weighted by atomic mass is 35.5. The van der Waals surface area contributed by atoms with E-state index in [0.717, 1.165) is 6.42 Å². The number of rotatable bonds is 12. The van der Waals surface area contributed by atoms with Gasteiger partial charge in [-0.2, -0.15) is 0 Å². The summed E-state index contributed by atoms with van der Waals surface area (Å²) in [4.78, 5) is 8.20. The van der Waals surface area contributed by atoms with E-state index in [4.69, 9.17) is 30.5 Å². The maximum Gasteiger partial charge on any atom is 0.240 e. The zero-order chi connectivity index (χ0) is 24.0. The van der Waals surface area contributed by atoms with E-state index < -0.39 is 27.6 Å². The molecule has 0 aromatic carbocycles. The van der Waals surface area contributed by atoms with Gasteiger partial charge in [-0.3, -0.25) is 9.29 Å². The highest BCUT2D eigenvalue weighted by molar-refractivity contribution is 7.93. The van der Waals surface area contributed by atoms with Crippen LogP contribution >= 0.6 is 11.6 Å². The van der Waals surface area contributed by atoms with Gasteiger partial charge in [-0.15, -0.1) is 10.2 Å². The minimum absolute atomic E-state index is 0.0254. The van der Waals surface area contributed by atoms with Crippen LogP contribution in [0.5, 0.6) is 0 Å². The first kappa shape index (κ1) is 25.7. The minimum atomic E-state index is -4.01. The van der Waals surface area contributed by atoms with Crippen molar-refractivity contribution < 1.29 is 27.4 Å². The van der Waals surface area contributed by atoms with Crippen LogP contribution in [0.15, 0.2) is 12.4 Å². The molecule has 1 unspecified atom stereocenters. The quantitative estimate of drug-likeness (QED) is 0.455. The first-order valence-electron chi connectivity index (χ1n) is 10.4. The molecule has 0 bridgehead atoms. The lowest BCUT2D eigenvalue weighted by atomic mass is 10.1. The Morgan fingerprint density at radius 1 is 1.24 bits per heavy atom. The molecule has 0 aliphatic carbocycles. The Hall–Kier alpha value is -1.90. The third-order valence-electron chi connectivity index (χ3n) is 5.44. The van der Waals surface area contributed by atoms with Gasteiger partial charge in [0.05, 0.1) is 18.2 Å². The second-order valence-corrected chi connectivity index (χ2v) is 10.0. The van der Waals surface area contributed by atoms with Crippen molar-refractivity contribution >= 4 is 27.6 Å². The fourth-order valence-corrected chi connectivity index (χ4v) is 4.84. The number of aromatic nitrogens is 5. The third kappa shape index (κ3) is 5.97. The van der Waals surface area contributed by atoms with Gasteiger partial charge in [0.15, 0.2) is 5.82 Å². The molecule has 1 fully saturated rings. The van der Waals surface area contributed by atoms with Gasteiger partial charge in [0, 0.05) is 52.7 Å². The predicted octanol–water partition coefficient (Wildman–Crippen LogP) is 1.92. The number of ether oxygens (including phenoxy) is 4. The van der Waals surface area contributed by atoms with Crippen LogP contribution in [0.3, 0.4) is 0 Å². The lowest BCUT2D eigenvalue weighted by molar-refractivity contribution is 0.0151. The zero-order valence-electron chi connectivity index (χ0n) is 19.0. The standard InChI is InChI=1S/C19H29ClN6O6S/c1-12(16(31-4)17-21-9-14(20)10-22-17)33(27,28)25-19-24-23-18(13-5-8-32-11-13)26(19)15(30-3)6-7-29-2/h9-10,12-13,15-16H,5-8,11H2,1-4H3,(H,24,25)/t12-,13-,15?,16-/m0/s1. The van der Waals surface area contributed by atoms with Crippen molar-refractivity contribution in [2.45, 2.75) is 43.3 Å². The molecule has 1 aliphatic heterocycles. The van der Waals surface area contributed by atoms with Crippen molar-refractivity contribution in [1.82, 2.24) is 24.7 Å². The molecule has 33 heavy (non-hydrogen) atoms. The second kappa shape index (κ2) is 11.5. The van der Waals surface area contributed by atoms with Crippen LogP contribution in [0, 0.1) is 0 Å². The summed E-state index contributed by atoms with van der Waals surface area (Å²) in [6.45, 7) is 2.97. The molecule has 2 aromatic heterocycles. The molecular weight excluding hydrogens is 476 g/mol. The van der Waals surface area contributed by atoms with Crippen LogP contribution in [0.1, 0.15) is 49.7 Å². The number of sulfonamides is 1. The number of nitrogens with zero attached hydrogens (tertiary/aromatic N) is 5. The summed E-state index contributed by atoms with van der Waals surface area (Å²) in [5.74, 6) is 0.797. The third-order valence-corrected chi connectivity index (χ3v) is 7.33. The Morgan fingerprint density at radius 3 is 2.55 bits per heavy atom. The molecule has 1 N–H and O–H groups in total. The van der Waals surface area contributed by atoms with E-state index in [1.165, 1.54) is 33.5 Å². The first-order valence-corrected chi connectivity index (χ1v) is 12.3. The molecule has 14 heteroatoms. The fraction of sp³-hybridized carbons (Fsp3) is 0.684. The van der Waals surface area contributed by atoms with Crippen molar-refractivity contribution in [3.05, 3.63) is 29.1 Å². The molecule has 2 aromatic rings. The van der Waals surface area contributed by atoms with Gasteiger partial charge in [0.1, 0.15) is 23.4 Å². The van der Waals surface area contributed by atoms with Gasteiger partial charge in [-0.05, 0) is 13.3 Å². The first-order chi connectivity index (χ1) is 15.8. The van der Waals surface area contributed by atoms with Crippen LogP contribution in [0.25, 0.3) is 0 Å². The average Bonchev–Trinajstić information content (AvgIpc) is 3.46. The highest BCUT2D eigenvalue weighted by Crippen LogP contribution is 2.31. The number of anilines is 1. The van der Waals surface area contributed by atoms with E-state index >= 15 is 0 Å². The van der Waals surface area contributed by atoms with Crippen molar-refractivity contribution in [1.29, 1.82) is 0 Å². The van der Waals surface area contributed by atoms with Crippen LogP contribution in [0.2, 0.25) is 5.02 Å². The van der Waals surface area contributed by atoms with E-state index in [1.54, 1.807) is 11.7 Å². The Balaban J connectivity index is 1.92. The predicted molar refractivity (Wildman–Crippen MR) is 120 cm³/mol. The molecule has 184 valence electrons. The number of hydrogen-bond acceptors (Lipinski definition) is 10. The summed E-state index contributed by atoms with van der Waals surface area (Å²) in [6.07, 6.45) is 2.51. The van der Waals surface area contributed by atoms with E-state index in [2.05, 4.69) is 24.9 Å². The van der Waals surface area contributed by atoms with Crippen LogP contribution in [-0.2, 0) is 29.0 Å². The summed E-state index contributed by atoms with van der Waals surface area (Å²) in [7, 11) is 0.502. The Morgan fingerprint density at radius 2 is 1.97 bits per heavy atom. The van der Waals surface area contributed by atoms with Gasteiger partial charge in [0.25, 0.3) is 0 Å². The number of halogens is 1. The van der Waals surface area contributed by atoms with E-state index in [-0.39, 0.29) is 17.7 Å². The smallest absolute Gasteiger partial charge is 0.240 e. The lowest BCUT2D eigenvalue weighted by Crippen LogP contribution is -2.34. The van der Waals surface area contributed by atoms with Crippen molar-refractivity contribution in [3.63, 3.8) is 0 Å². The van der Waals surface area contributed by atoms with E-state index in [9.17, 15) is 8.42 Å². The van der Waals surface area contributed by atoms with Crippen molar-refractivity contribution in [2.75, 3.05) is 45.9 Å². The van der Waals surface area contributed by atoms with Gasteiger partial charge in [-0.25, -0.2) is 18.4 Å². The van der Waals surface area contributed by atoms with Crippen molar-refractivity contribution in [3.8, 4) is 0 Å². The van der Waals surface area contributed by atoms with Gasteiger partial charge < -0.3 is 18.9 Å². The van der Waals surface area contributed by atoms with Gasteiger partial charge in [-0.1, -0.05) is 11.6 Å². The van der Waals surface area contributed by atoms with Crippen molar-refractivity contribution in [2.24, 2.45) is 0 Å². The topological polar surface area (TPSA) is 140 Å². The van der Waals surface area contributed by atoms with Crippen LogP contribution in [0.4, 0.5) is 5.95 Å². The maximum atomic E-state index is 13.3. The second-order valence-electron chi connectivity index (χ2n) is 7.55. The summed E-state index contributed by atoms with van der Waals surface area (Å²) in [5.41, 5.74) is 0. The monoisotopic (exact) mass is 504 g/mol. The Labute approximate surface area is 198 Å². The molecule has 1 saturated heterocycles. The van der Waals surface area contributed by atoms with Crippen LogP contribution < -0.4 is 4.72 Å². The SMILES string of the molecule is COCCC(OC)n1c(NS(=O)(=O)[C@@H](C)[C@H](OC)c2ncc(Cl)cn2)nnc1[C@H]1CCOC1. The maximum absolute atomic E-state index is 13.3. The molecule has 0 saturated carbocycles. The molecular formula is C19H29ClN6O6S. The molecule has 4 atom stereocenters. The highest BCUT2D eigenvalue weighted by Gasteiger charge is 2.36. The Kier molecular flexibility index (Phi) is 8.95. The molecule has 0 radical (unpaired) electrons. The molecule has 0 spiro atoms. The largest absolute Gasteiger partial charge is 0.385 e. The summed E-state index contributed by atoms with van der Waals surface area (Å²) in [6, 6.07) is 0. The number of hydrogen-bond donors (Lipinski definition) is 1. The van der Waals surface area contributed by atoms with E-state index in [0.29, 0.717) is 37.1 Å². The molecule has 3 rings (SSSR count).